The van der Waals surface area contributed by atoms with Gasteiger partial charge in [0.05, 0.1) is 12.2 Å². The van der Waals surface area contributed by atoms with Gasteiger partial charge in [0.25, 0.3) is 0 Å². The lowest BCUT2D eigenvalue weighted by atomic mass is 9.78. The van der Waals surface area contributed by atoms with Gasteiger partial charge >= 0.3 is 0 Å². The van der Waals surface area contributed by atoms with Crippen LogP contribution >= 0.6 is 0 Å². The van der Waals surface area contributed by atoms with Crippen LogP contribution < -0.4 is 14.8 Å². The second kappa shape index (κ2) is 14.7. The fourth-order valence-electron chi connectivity index (χ4n) is 4.69. The Morgan fingerprint density at radius 2 is 1.22 bits per heavy atom. The molecule has 0 aromatic heterocycles. The lowest BCUT2D eigenvalue weighted by molar-refractivity contribution is -0.116. The zero-order chi connectivity index (χ0) is 31.0. The van der Waals surface area contributed by atoms with Gasteiger partial charge in [0.2, 0.25) is 11.7 Å². The van der Waals surface area contributed by atoms with E-state index in [-0.39, 0.29) is 34.7 Å². The van der Waals surface area contributed by atoms with E-state index in [2.05, 4.69) is 46.9 Å². The van der Waals surface area contributed by atoms with Gasteiger partial charge in [-0.15, -0.1) is 0 Å². The van der Waals surface area contributed by atoms with E-state index >= 15 is 0 Å². The fraction of sp³-hybridized carbons (Fsp3) is 0.571. The summed E-state index contributed by atoms with van der Waals surface area (Å²) in [5.74, 6) is 0.852. The molecule has 0 aliphatic carbocycles. The molecule has 0 radical (unpaired) electrons. The van der Waals surface area contributed by atoms with Crippen LogP contribution in [0.25, 0.3) is 6.08 Å². The number of benzene rings is 2. The Balaban J connectivity index is 2.22. The van der Waals surface area contributed by atoms with Crippen LogP contribution in [0.15, 0.2) is 30.3 Å². The third-order valence-electron chi connectivity index (χ3n) is 7.40. The largest absolute Gasteiger partial charge is 0.507 e. The summed E-state index contributed by atoms with van der Waals surface area (Å²) in [5.41, 5.74) is 3.20. The molecule has 0 atom stereocenters. The molecule has 0 heterocycles. The maximum atomic E-state index is 12.7. The van der Waals surface area contributed by atoms with Crippen LogP contribution in [0.1, 0.15) is 117 Å². The van der Waals surface area contributed by atoms with Crippen molar-refractivity contribution in [1.29, 1.82) is 0 Å². The lowest BCUT2D eigenvalue weighted by Crippen LogP contribution is -2.24. The maximum absolute atomic E-state index is 12.7. The molecular formula is C35H53NO5. The molecule has 0 fully saturated rings. The molecule has 6 heteroatoms. The van der Waals surface area contributed by atoms with Crippen molar-refractivity contribution in [3.63, 3.8) is 0 Å². The molecule has 0 spiro atoms. The Hall–Kier alpha value is -3.15. The third-order valence-corrected chi connectivity index (χ3v) is 7.40. The number of hydrogen-bond acceptors (Lipinski definition) is 5. The van der Waals surface area contributed by atoms with Crippen molar-refractivity contribution in [2.24, 2.45) is 0 Å². The molecule has 2 aromatic rings. The molecule has 2 rings (SSSR count). The number of rotatable bonds is 13. The third kappa shape index (κ3) is 9.72. The van der Waals surface area contributed by atoms with Gasteiger partial charge in [0.15, 0.2) is 11.5 Å². The highest BCUT2D eigenvalue weighted by Crippen LogP contribution is 2.41. The predicted molar refractivity (Wildman–Crippen MR) is 169 cm³/mol. The van der Waals surface area contributed by atoms with Crippen molar-refractivity contribution >= 4 is 12.0 Å². The van der Waals surface area contributed by atoms with Crippen LogP contribution in [0.3, 0.4) is 0 Å². The summed E-state index contributed by atoms with van der Waals surface area (Å²) in [4.78, 5) is 12.7. The van der Waals surface area contributed by atoms with Gasteiger partial charge in [-0.05, 0) is 83.4 Å². The van der Waals surface area contributed by atoms with E-state index in [4.69, 9.17) is 9.47 Å². The van der Waals surface area contributed by atoms with Crippen LogP contribution in [0.5, 0.6) is 23.0 Å². The zero-order valence-electron chi connectivity index (χ0n) is 27.0. The molecule has 0 saturated carbocycles. The van der Waals surface area contributed by atoms with Gasteiger partial charge in [0, 0.05) is 12.6 Å². The number of ether oxygens (including phenoxy) is 2. The van der Waals surface area contributed by atoms with E-state index in [0.29, 0.717) is 35.8 Å². The van der Waals surface area contributed by atoms with Crippen molar-refractivity contribution in [2.45, 2.75) is 124 Å². The lowest BCUT2D eigenvalue weighted by Gasteiger charge is -2.28. The molecule has 2 aromatic carbocycles. The van der Waals surface area contributed by atoms with Crippen LogP contribution in [0, 0.1) is 0 Å². The van der Waals surface area contributed by atoms with Crippen LogP contribution in [-0.2, 0) is 22.0 Å². The molecule has 6 nitrogen and oxygen atoms in total. The number of carbonyl (C=O) groups excluding carboxylic acids is 1. The number of aromatic hydroxyl groups is 2. The number of hydrogen-bond donors (Lipinski definition) is 3. The molecule has 3 N–H and O–H groups in total. The summed E-state index contributed by atoms with van der Waals surface area (Å²) in [6.07, 6.45) is 7.06. The first-order chi connectivity index (χ1) is 19.1. The molecule has 228 valence electrons. The maximum Gasteiger partial charge on any atom is 0.244 e. The highest BCUT2D eigenvalue weighted by Gasteiger charge is 2.26. The summed E-state index contributed by atoms with van der Waals surface area (Å²) >= 11 is 0. The Kier molecular flexibility index (Phi) is 12.2. The monoisotopic (exact) mass is 567 g/mol. The molecule has 0 aliphatic heterocycles. The summed E-state index contributed by atoms with van der Waals surface area (Å²) < 4.78 is 12.2. The van der Waals surface area contributed by atoms with E-state index in [9.17, 15) is 15.0 Å². The van der Waals surface area contributed by atoms with Crippen molar-refractivity contribution < 1.29 is 24.5 Å². The van der Waals surface area contributed by atoms with E-state index in [1.807, 2.05) is 39.8 Å². The van der Waals surface area contributed by atoms with Crippen molar-refractivity contribution in [1.82, 2.24) is 5.32 Å². The van der Waals surface area contributed by atoms with Gasteiger partial charge in [-0.25, -0.2) is 0 Å². The summed E-state index contributed by atoms with van der Waals surface area (Å²) in [6, 6.07) is 7.59. The standard InChI is InChI=1S/C35H53NO5/c1-11-25(12-2)40-29-21-23(22-30(33(29)39)41-26(13-3)14-4)15-16-31(37)36-18-17-24-19-27(34(5,6)7)32(38)28(20-24)35(8,9)10/h15-16,19-22,25-26,38-39H,11-14,17-18H2,1-10H3,(H,36,37). The second-order valence-corrected chi connectivity index (χ2v) is 12.9. The average Bonchev–Trinajstić information content (AvgIpc) is 2.90. The minimum Gasteiger partial charge on any atom is -0.507 e. The first kappa shape index (κ1) is 34.1. The molecule has 0 bridgehead atoms. The van der Waals surface area contributed by atoms with Crippen molar-refractivity contribution in [3.8, 4) is 23.0 Å². The van der Waals surface area contributed by atoms with Gasteiger partial charge in [-0.2, -0.15) is 0 Å². The number of amides is 1. The fourth-order valence-corrected chi connectivity index (χ4v) is 4.69. The van der Waals surface area contributed by atoms with Crippen LogP contribution in [0.2, 0.25) is 0 Å². The van der Waals surface area contributed by atoms with Gasteiger partial charge in [0.1, 0.15) is 5.75 Å². The summed E-state index contributed by atoms with van der Waals surface area (Å²) in [7, 11) is 0. The zero-order valence-corrected chi connectivity index (χ0v) is 27.0. The smallest absolute Gasteiger partial charge is 0.244 e. The Morgan fingerprint density at radius 3 is 1.61 bits per heavy atom. The van der Waals surface area contributed by atoms with E-state index in [1.165, 1.54) is 6.08 Å². The minimum absolute atomic E-state index is 0.0106. The first-order valence-electron chi connectivity index (χ1n) is 15.2. The Morgan fingerprint density at radius 1 is 0.780 bits per heavy atom. The summed E-state index contributed by atoms with van der Waals surface area (Å²) in [6.45, 7) is 21.2. The predicted octanol–water partition coefficient (Wildman–Crippen LogP) is 8.20. The van der Waals surface area contributed by atoms with Crippen LogP contribution in [0.4, 0.5) is 0 Å². The van der Waals surface area contributed by atoms with Crippen LogP contribution in [-0.4, -0.2) is 34.9 Å². The first-order valence-corrected chi connectivity index (χ1v) is 15.2. The minimum atomic E-state index is -0.214. The number of carbonyl (C=O) groups is 1. The van der Waals surface area contributed by atoms with Crippen molar-refractivity contribution in [3.05, 3.63) is 52.6 Å². The number of phenols is 2. The normalized spacial score (nSPS) is 12.4. The molecular weight excluding hydrogens is 514 g/mol. The Bertz CT molecular complexity index is 1110. The van der Waals surface area contributed by atoms with Gasteiger partial charge in [-0.3, -0.25) is 4.79 Å². The summed E-state index contributed by atoms with van der Waals surface area (Å²) in [5, 5.41) is 24.8. The number of nitrogens with one attached hydrogen (secondary N) is 1. The highest BCUT2D eigenvalue weighted by atomic mass is 16.5. The number of phenolic OH excluding ortho intramolecular Hbond substituents is 2. The molecule has 1 amide bonds. The molecule has 0 unspecified atom stereocenters. The second-order valence-electron chi connectivity index (χ2n) is 12.9. The SMILES string of the molecule is CCC(CC)Oc1cc(C=CC(=O)NCCc2cc(C(C)(C)C)c(O)c(C(C)(C)C)c2)cc(OC(CC)CC)c1O. The van der Waals surface area contributed by atoms with E-state index in [1.54, 1.807) is 18.2 Å². The molecule has 0 aliphatic rings. The Labute approximate surface area is 248 Å². The topological polar surface area (TPSA) is 88.0 Å². The average molecular weight is 568 g/mol. The quantitative estimate of drug-likeness (QED) is 0.212. The van der Waals surface area contributed by atoms with E-state index < -0.39 is 0 Å². The molecule has 41 heavy (non-hydrogen) atoms. The van der Waals surface area contributed by atoms with Crippen molar-refractivity contribution in [2.75, 3.05) is 6.54 Å². The molecule has 0 saturated heterocycles. The van der Waals surface area contributed by atoms with Gasteiger partial charge in [-0.1, -0.05) is 81.4 Å². The van der Waals surface area contributed by atoms with Gasteiger partial charge < -0.3 is 25.0 Å². The van der Waals surface area contributed by atoms with E-state index in [0.717, 1.165) is 42.4 Å². The highest BCUT2D eigenvalue weighted by molar-refractivity contribution is 5.91.